The SMILES string of the molecule is O=C1CCC(=O)C12CCC(Nc1ccc(Br)cc1O)CC2. The van der Waals surface area contributed by atoms with Crippen molar-refractivity contribution in [1.29, 1.82) is 0 Å². The summed E-state index contributed by atoms with van der Waals surface area (Å²) < 4.78 is 0.829. The maximum Gasteiger partial charge on any atom is 0.146 e. The molecule has 21 heavy (non-hydrogen) atoms. The van der Waals surface area contributed by atoms with E-state index >= 15 is 0 Å². The van der Waals surface area contributed by atoms with Crippen LogP contribution in [0.1, 0.15) is 38.5 Å². The van der Waals surface area contributed by atoms with Gasteiger partial charge in [-0.1, -0.05) is 15.9 Å². The Morgan fingerprint density at radius 1 is 1.14 bits per heavy atom. The van der Waals surface area contributed by atoms with Crippen LogP contribution in [0.3, 0.4) is 0 Å². The van der Waals surface area contributed by atoms with Gasteiger partial charge in [-0.15, -0.1) is 0 Å². The number of carbonyl (C=O) groups excluding carboxylic acids is 2. The van der Waals surface area contributed by atoms with Gasteiger partial charge >= 0.3 is 0 Å². The molecular weight excluding hydrogens is 334 g/mol. The van der Waals surface area contributed by atoms with E-state index in [1.165, 1.54) is 0 Å². The fourth-order valence-electron chi connectivity index (χ4n) is 3.52. The Morgan fingerprint density at radius 2 is 1.76 bits per heavy atom. The van der Waals surface area contributed by atoms with Crippen LogP contribution in [0.25, 0.3) is 0 Å². The number of halogens is 1. The largest absolute Gasteiger partial charge is 0.506 e. The highest BCUT2D eigenvalue weighted by molar-refractivity contribution is 9.10. The minimum absolute atomic E-state index is 0.137. The maximum atomic E-state index is 12.0. The Hall–Kier alpha value is -1.36. The molecule has 0 amide bonds. The molecule has 5 heteroatoms. The van der Waals surface area contributed by atoms with Crippen LogP contribution in [0.15, 0.2) is 22.7 Å². The zero-order chi connectivity index (χ0) is 15.0. The van der Waals surface area contributed by atoms with Gasteiger partial charge in [0.05, 0.1) is 11.1 Å². The number of phenolic OH excluding ortho intramolecular Hbond substituents is 1. The molecule has 1 aromatic rings. The van der Waals surface area contributed by atoms with Crippen LogP contribution in [0.5, 0.6) is 5.75 Å². The van der Waals surface area contributed by atoms with Crippen molar-refractivity contribution in [1.82, 2.24) is 0 Å². The molecule has 2 fully saturated rings. The van der Waals surface area contributed by atoms with E-state index in [0.717, 1.165) is 17.3 Å². The molecule has 1 spiro atoms. The van der Waals surface area contributed by atoms with Gasteiger partial charge in [-0.25, -0.2) is 0 Å². The van der Waals surface area contributed by atoms with E-state index in [4.69, 9.17) is 0 Å². The van der Waals surface area contributed by atoms with Crippen LogP contribution in [-0.4, -0.2) is 22.7 Å². The molecule has 4 nitrogen and oxygen atoms in total. The van der Waals surface area contributed by atoms with E-state index in [1.54, 1.807) is 6.07 Å². The number of benzene rings is 1. The number of aromatic hydroxyl groups is 1. The first-order valence-electron chi connectivity index (χ1n) is 7.33. The summed E-state index contributed by atoms with van der Waals surface area (Å²) in [6.07, 6.45) is 3.69. The average molecular weight is 352 g/mol. The molecule has 2 aliphatic carbocycles. The quantitative estimate of drug-likeness (QED) is 0.632. The van der Waals surface area contributed by atoms with E-state index in [2.05, 4.69) is 21.2 Å². The van der Waals surface area contributed by atoms with Gasteiger partial charge in [0.25, 0.3) is 0 Å². The van der Waals surface area contributed by atoms with Gasteiger partial charge in [0.2, 0.25) is 0 Å². The van der Waals surface area contributed by atoms with Gasteiger partial charge in [0.1, 0.15) is 17.3 Å². The fraction of sp³-hybridized carbons (Fsp3) is 0.500. The zero-order valence-corrected chi connectivity index (χ0v) is 13.3. The first kappa shape index (κ1) is 14.6. The van der Waals surface area contributed by atoms with Crippen molar-refractivity contribution in [3.8, 4) is 5.75 Å². The average Bonchev–Trinajstić information content (AvgIpc) is 2.73. The highest BCUT2D eigenvalue weighted by Crippen LogP contribution is 2.45. The second-order valence-corrected chi connectivity index (χ2v) is 6.92. The number of ketones is 2. The van der Waals surface area contributed by atoms with Gasteiger partial charge in [-0.3, -0.25) is 9.59 Å². The van der Waals surface area contributed by atoms with Crippen LogP contribution in [-0.2, 0) is 9.59 Å². The molecular formula is C16H18BrNO3. The topological polar surface area (TPSA) is 66.4 Å². The maximum absolute atomic E-state index is 12.0. The molecule has 0 saturated heterocycles. The number of hydrogen-bond acceptors (Lipinski definition) is 4. The van der Waals surface area contributed by atoms with Crippen molar-refractivity contribution in [2.24, 2.45) is 5.41 Å². The lowest BCUT2D eigenvalue weighted by atomic mass is 9.70. The van der Waals surface area contributed by atoms with Crippen molar-refractivity contribution in [2.75, 3.05) is 5.32 Å². The lowest BCUT2D eigenvalue weighted by Gasteiger charge is -2.35. The summed E-state index contributed by atoms with van der Waals surface area (Å²) in [5, 5.41) is 13.2. The number of phenols is 1. The Balaban J connectivity index is 1.66. The molecule has 0 atom stereocenters. The van der Waals surface area contributed by atoms with Crippen LogP contribution in [0.2, 0.25) is 0 Å². The first-order chi connectivity index (χ1) is 10.0. The second kappa shape index (κ2) is 5.44. The Morgan fingerprint density at radius 3 is 2.33 bits per heavy atom. The van der Waals surface area contributed by atoms with Crippen molar-refractivity contribution in [3.05, 3.63) is 22.7 Å². The number of Topliss-reactive ketones (excluding diaryl/α,β-unsaturated/α-hetero) is 2. The summed E-state index contributed by atoms with van der Waals surface area (Å²) >= 11 is 3.31. The molecule has 2 aliphatic rings. The van der Waals surface area contributed by atoms with Crippen molar-refractivity contribution >= 4 is 33.2 Å². The second-order valence-electron chi connectivity index (χ2n) is 6.01. The number of hydrogen-bond donors (Lipinski definition) is 2. The summed E-state index contributed by atoms with van der Waals surface area (Å²) in [6, 6.07) is 5.55. The molecule has 0 bridgehead atoms. The molecule has 0 unspecified atom stereocenters. The normalized spacial score (nSPS) is 22.0. The zero-order valence-electron chi connectivity index (χ0n) is 11.7. The highest BCUT2D eigenvalue weighted by Gasteiger charge is 2.50. The van der Waals surface area contributed by atoms with Gasteiger partial charge in [0, 0.05) is 23.4 Å². The number of nitrogens with one attached hydrogen (secondary N) is 1. The molecule has 1 aromatic carbocycles. The van der Waals surface area contributed by atoms with E-state index in [-0.39, 0.29) is 23.4 Å². The molecule has 0 aromatic heterocycles. The molecule has 2 saturated carbocycles. The van der Waals surface area contributed by atoms with E-state index in [1.807, 2.05) is 12.1 Å². The lowest BCUT2D eigenvalue weighted by Crippen LogP contribution is -2.40. The first-order valence-corrected chi connectivity index (χ1v) is 8.12. The number of carbonyl (C=O) groups is 2. The number of anilines is 1. The highest BCUT2D eigenvalue weighted by atomic mass is 79.9. The van der Waals surface area contributed by atoms with E-state index in [9.17, 15) is 14.7 Å². The summed E-state index contributed by atoms with van der Waals surface area (Å²) in [7, 11) is 0. The summed E-state index contributed by atoms with van der Waals surface area (Å²) in [5.41, 5.74) is 0.0168. The van der Waals surface area contributed by atoms with Crippen molar-refractivity contribution in [3.63, 3.8) is 0 Å². The molecule has 112 valence electrons. The third kappa shape index (κ3) is 2.59. The van der Waals surface area contributed by atoms with Gasteiger partial charge in [-0.2, -0.15) is 0 Å². The van der Waals surface area contributed by atoms with Gasteiger partial charge in [-0.05, 0) is 43.9 Å². The Labute approximate surface area is 132 Å². The summed E-state index contributed by atoms with van der Waals surface area (Å²) in [5.74, 6) is 0.479. The van der Waals surface area contributed by atoms with Crippen LogP contribution in [0, 0.1) is 5.41 Å². The predicted octanol–water partition coefficient (Wildman–Crippen LogP) is 3.43. The van der Waals surface area contributed by atoms with Crippen molar-refractivity contribution in [2.45, 2.75) is 44.6 Å². The smallest absolute Gasteiger partial charge is 0.146 e. The standard InChI is InChI=1S/C16H18BrNO3/c17-10-1-2-12(13(19)9-10)18-11-5-7-16(8-6-11)14(20)3-4-15(16)21/h1-2,9,11,18-19H,3-8H2. The minimum atomic E-state index is -0.681. The minimum Gasteiger partial charge on any atom is -0.506 e. The van der Waals surface area contributed by atoms with E-state index in [0.29, 0.717) is 31.4 Å². The number of rotatable bonds is 2. The Bertz CT molecular complexity index is 573. The van der Waals surface area contributed by atoms with Crippen molar-refractivity contribution < 1.29 is 14.7 Å². The third-order valence-corrected chi connectivity index (χ3v) is 5.30. The molecule has 2 N–H and O–H groups in total. The van der Waals surface area contributed by atoms with Crippen LogP contribution >= 0.6 is 15.9 Å². The van der Waals surface area contributed by atoms with Crippen LogP contribution in [0.4, 0.5) is 5.69 Å². The summed E-state index contributed by atoms with van der Waals surface area (Å²) in [4.78, 5) is 24.1. The molecule has 0 radical (unpaired) electrons. The monoisotopic (exact) mass is 351 g/mol. The predicted molar refractivity (Wildman–Crippen MR) is 83.4 cm³/mol. The molecule has 0 aliphatic heterocycles. The van der Waals surface area contributed by atoms with E-state index < -0.39 is 5.41 Å². The molecule has 3 rings (SSSR count). The summed E-state index contributed by atoms with van der Waals surface area (Å²) in [6.45, 7) is 0. The fourth-order valence-corrected chi connectivity index (χ4v) is 3.87. The van der Waals surface area contributed by atoms with Gasteiger partial charge < -0.3 is 10.4 Å². The third-order valence-electron chi connectivity index (χ3n) is 4.81. The van der Waals surface area contributed by atoms with Gasteiger partial charge in [0.15, 0.2) is 0 Å². The van der Waals surface area contributed by atoms with Crippen LogP contribution < -0.4 is 5.32 Å². The molecule has 0 heterocycles. The Kier molecular flexibility index (Phi) is 3.78. The lowest BCUT2D eigenvalue weighted by molar-refractivity contribution is -0.137.